The van der Waals surface area contributed by atoms with Gasteiger partial charge < -0.3 is 4.57 Å². The maximum absolute atomic E-state index is 14.5. The average Bonchev–Trinajstić information content (AvgIpc) is 3.32. The van der Waals surface area contributed by atoms with Crippen molar-refractivity contribution in [2.75, 3.05) is 0 Å². The molecular weight excluding hydrogens is 299 g/mol. The molecule has 2 aromatic carbocycles. The molecule has 0 N–H and O–H groups in total. The van der Waals surface area contributed by atoms with Crippen molar-refractivity contribution in [3.05, 3.63) is 77.9 Å². The topological polar surface area (TPSA) is 17.1 Å². The second-order valence-corrected chi connectivity index (χ2v) is 10.7. The molecule has 4 bridgehead atoms. The predicted molar refractivity (Wildman–Crippen MR) is 93.3 cm³/mol. The van der Waals surface area contributed by atoms with Crippen LogP contribution in [0, 0.1) is 23.7 Å². The minimum absolute atomic E-state index is 0.260. The SMILES string of the molecule is O=P1(c2ccccc2)[C@@H]2c3ccccc3[C@H]1[C@@H]1[C@H]2[C@H]2C=C[C@@H]1C2. The van der Waals surface area contributed by atoms with Crippen molar-refractivity contribution in [3.63, 3.8) is 0 Å². The van der Waals surface area contributed by atoms with Crippen molar-refractivity contribution in [2.24, 2.45) is 23.7 Å². The summed E-state index contributed by atoms with van der Waals surface area (Å²) in [5.41, 5.74) is 3.31. The van der Waals surface area contributed by atoms with E-state index in [4.69, 9.17) is 0 Å². The largest absolute Gasteiger partial charge is 0.317 e. The Morgan fingerprint density at radius 2 is 1.26 bits per heavy atom. The summed E-state index contributed by atoms with van der Waals surface area (Å²) < 4.78 is 14.5. The van der Waals surface area contributed by atoms with Gasteiger partial charge in [-0.3, -0.25) is 0 Å². The minimum atomic E-state index is -2.43. The molecule has 1 nitrogen and oxygen atoms in total. The second kappa shape index (κ2) is 4.08. The van der Waals surface area contributed by atoms with Crippen molar-refractivity contribution < 1.29 is 4.57 Å². The third-order valence-electron chi connectivity index (χ3n) is 6.93. The van der Waals surface area contributed by atoms with Crippen LogP contribution < -0.4 is 5.30 Å². The number of rotatable bonds is 1. The Hall–Kier alpha value is -1.59. The lowest BCUT2D eigenvalue weighted by molar-refractivity contribution is 0.305. The lowest BCUT2D eigenvalue weighted by Crippen LogP contribution is -2.25. The molecule has 0 aromatic heterocycles. The van der Waals surface area contributed by atoms with Crippen molar-refractivity contribution in [1.29, 1.82) is 0 Å². The van der Waals surface area contributed by atoms with Crippen LogP contribution in [0.15, 0.2) is 66.7 Å². The molecule has 114 valence electrons. The Kier molecular flexibility index (Phi) is 2.27. The van der Waals surface area contributed by atoms with E-state index in [1.807, 2.05) is 6.07 Å². The summed E-state index contributed by atoms with van der Waals surface area (Å²) in [6.45, 7) is 0. The molecule has 2 aliphatic carbocycles. The Labute approximate surface area is 136 Å². The zero-order valence-electron chi connectivity index (χ0n) is 12.9. The van der Waals surface area contributed by atoms with Gasteiger partial charge in [-0.05, 0) is 41.2 Å². The fraction of sp³-hybridized carbons (Fsp3) is 0.333. The summed E-state index contributed by atoms with van der Waals surface area (Å²) in [7, 11) is -2.43. The Balaban J connectivity index is 1.64. The molecule has 2 heterocycles. The summed E-state index contributed by atoms with van der Waals surface area (Å²) in [6.07, 6.45) is 6.14. The van der Waals surface area contributed by atoms with E-state index in [1.54, 1.807) is 0 Å². The standard InChI is InChI=1S/C21H19OP/c22-23(15-6-2-1-3-7-15)20-16-8-4-5-9-17(16)21(23)19-14-11-10-13(12-14)18(19)20/h1-11,13-14,18-21H,12H2/t13-,14+,18+,19-,20+,21-,23?. The van der Waals surface area contributed by atoms with E-state index >= 15 is 0 Å². The van der Waals surface area contributed by atoms with E-state index in [9.17, 15) is 4.57 Å². The van der Waals surface area contributed by atoms with Gasteiger partial charge in [0, 0.05) is 16.6 Å². The van der Waals surface area contributed by atoms with Crippen LogP contribution >= 0.6 is 7.14 Å². The molecular formula is C21H19OP. The molecule has 6 rings (SSSR count). The molecule has 2 fully saturated rings. The Bertz CT molecular complexity index is 835. The van der Waals surface area contributed by atoms with Crippen LogP contribution in [-0.4, -0.2) is 0 Å². The van der Waals surface area contributed by atoms with Gasteiger partial charge in [-0.15, -0.1) is 0 Å². The number of hydrogen-bond acceptors (Lipinski definition) is 1. The van der Waals surface area contributed by atoms with Crippen LogP contribution in [0.3, 0.4) is 0 Å². The fourth-order valence-electron chi connectivity index (χ4n) is 6.33. The van der Waals surface area contributed by atoms with Gasteiger partial charge in [0.05, 0.1) is 0 Å². The van der Waals surface area contributed by atoms with Crippen LogP contribution in [0.5, 0.6) is 0 Å². The van der Waals surface area contributed by atoms with Crippen molar-refractivity contribution in [2.45, 2.75) is 17.7 Å². The maximum Gasteiger partial charge on any atom is 0.130 e. The smallest absolute Gasteiger partial charge is 0.130 e. The Morgan fingerprint density at radius 3 is 1.83 bits per heavy atom. The van der Waals surface area contributed by atoms with E-state index in [0.29, 0.717) is 23.7 Å². The van der Waals surface area contributed by atoms with E-state index in [0.717, 1.165) is 5.30 Å². The first kappa shape index (κ1) is 12.8. The highest BCUT2D eigenvalue weighted by Crippen LogP contribution is 2.88. The highest BCUT2D eigenvalue weighted by atomic mass is 31.2. The summed E-state index contributed by atoms with van der Waals surface area (Å²) in [5, 5.41) is 1.11. The fourth-order valence-corrected chi connectivity index (χ4v) is 11.1. The van der Waals surface area contributed by atoms with Crippen molar-refractivity contribution >= 4 is 12.4 Å². The van der Waals surface area contributed by atoms with Crippen LogP contribution in [0.1, 0.15) is 28.9 Å². The molecule has 0 radical (unpaired) electrons. The third-order valence-corrected chi connectivity index (χ3v) is 10.9. The van der Waals surface area contributed by atoms with Crippen LogP contribution in [0.25, 0.3) is 0 Å². The van der Waals surface area contributed by atoms with E-state index in [2.05, 4.69) is 60.7 Å². The van der Waals surface area contributed by atoms with Gasteiger partial charge in [0.2, 0.25) is 0 Å². The molecule has 1 saturated carbocycles. The molecule has 2 aliphatic heterocycles. The van der Waals surface area contributed by atoms with E-state index in [-0.39, 0.29) is 11.3 Å². The highest BCUT2D eigenvalue weighted by molar-refractivity contribution is 7.73. The highest BCUT2D eigenvalue weighted by Gasteiger charge is 2.69. The molecule has 4 aliphatic rings. The summed E-state index contributed by atoms with van der Waals surface area (Å²) >= 11 is 0. The first-order valence-corrected chi connectivity index (χ1v) is 10.6. The van der Waals surface area contributed by atoms with E-state index < -0.39 is 7.14 Å². The predicted octanol–water partition coefficient (Wildman–Crippen LogP) is 4.92. The first-order valence-electron chi connectivity index (χ1n) is 8.72. The minimum Gasteiger partial charge on any atom is -0.317 e. The van der Waals surface area contributed by atoms with Crippen molar-refractivity contribution in [3.8, 4) is 0 Å². The molecule has 2 heteroatoms. The maximum atomic E-state index is 14.5. The zero-order chi connectivity index (χ0) is 15.2. The van der Waals surface area contributed by atoms with Crippen LogP contribution in [0.2, 0.25) is 0 Å². The van der Waals surface area contributed by atoms with Gasteiger partial charge >= 0.3 is 0 Å². The molecule has 0 amide bonds. The average molecular weight is 318 g/mol. The van der Waals surface area contributed by atoms with Gasteiger partial charge in [0.15, 0.2) is 0 Å². The lowest BCUT2D eigenvalue weighted by atomic mass is 9.71. The van der Waals surface area contributed by atoms with Gasteiger partial charge in [-0.1, -0.05) is 66.7 Å². The third kappa shape index (κ3) is 1.32. The van der Waals surface area contributed by atoms with E-state index in [1.165, 1.54) is 17.5 Å². The molecule has 1 unspecified atom stereocenters. The van der Waals surface area contributed by atoms with Crippen LogP contribution in [-0.2, 0) is 4.57 Å². The summed E-state index contributed by atoms with van der Waals surface area (Å²) in [6, 6.07) is 19.1. The molecule has 2 aromatic rings. The lowest BCUT2D eigenvalue weighted by Gasteiger charge is -2.31. The summed E-state index contributed by atoms with van der Waals surface area (Å²) in [4.78, 5) is 0. The zero-order valence-corrected chi connectivity index (χ0v) is 13.8. The molecule has 0 spiro atoms. The monoisotopic (exact) mass is 318 g/mol. The van der Waals surface area contributed by atoms with Gasteiger partial charge in [0.1, 0.15) is 7.14 Å². The number of benzene rings is 2. The molecule has 23 heavy (non-hydrogen) atoms. The van der Waals surface area contributed by atoms with Crippen LogP contribution in [0.4, 0.5) is 0 Å². The normalized spacial score (nSPS) is 44.5. The number of fused-ring (bicyclic) bond motifs is 12. The summed E-state index contributed by atoms with van der Waals surface area (Å²) in [5.74, 6) is 2.53. The second-order valence-electron chi connectivity index (χ2n) is 7.67. The quantitative estimate of drug-likeness (QED) is 0.538. The molecule has 7 atom stereocenters. The molecule has 1 saturated heterocycles. The number of hydrogen-bond donors (Lipinski definition) is 0. The number of allylic oxidation sites excluding steroid dienone is 2. The Morgan fingerprint density at radius 1 is 0.739 bits per heavy atom. The van der Waals surface area contributed by atoms with Crippen molar-refractivity contribution in [1.82, 2.24) is 0 Å². The van der Waals surface area contributed by atoms with Gasteiger partial charge in [-0.2, -0.15) is 0 Å². The first-order chi connectivity index (χ1) is 11.3. The van der Waals surface area contributed by atoms with Gasteiger partial charge in [-0.25, -0.2) is 0 Å². The van der Waals surface area contributed by atoms with Gasteiger partial charge in [0.25, 0.3) is 0 Å².